The molecular formula is C28H31N. The van der Waals surface area contributed by atoms with Gasteiger partial charge in [-0.05, 0) is 55.2 Å². The average Bonchev–Trinajstić information content (AvgIpc) is 3.05. The van der Waals surface area contributed by atoms with Gasteiger partial charge in [0.2, 0.25) is 0 Å². The third kappa shape index (κ3) is 3.76. The summed E-state index contributed by atoms with van der Waals surface area (Å²) >= 11 is 0. The van der Waals surface area contributed by atoms with E-state index in [1.807, 2.05) is 0 Å². The van der Waals surface area contributed by atoms with E-state index >= 15 is 0 Å². The Bertz CT molecular complexity index is 916. The van der Waals surface area contributed by atoms with Crippen LogP contribution in [0.4, 0.5) is 0 Å². The molecule has 29 heavy (non-hydrogen) atoms. The highest BCUT2D eigenvalue weighted by Gasteiger charge is 2.47. The fourth-order valence-electron chi connectivity index (χ4n) is 5.85. The van der Waals surface area contributed by atoms with Gasteiger partial charge in [0, 0.05) is 24.5 Å². The summed E-state index contributed by atoms with van der Waals surface area (Å²) in [5.74, 6) is 1.22. The predicted octanol–water partition coefficient (Wildman–Crippen LogP) is 6.34. The number of hydrogen-bond donors (Lipinski definition) is 0. The van der Waals surface area contributed by atoms with Gasteiger partial charge in [-0.3, -0.25) is 4.90 Å². The van der Waals surface area contributed by atoms with E-state index in [4.69, 9.17) is 0 Å². The second-order valence-corrected chi connectivity index (χ2v) is 8.96. The molecule has 3 aromatic rings. The van der Waals surface area contributed by atoms with Crippen molar-refractivity contribution in [2.24, 2.45) is 0 Å². The molecule has 2 aliphatic heterocycles. The average molecular weight is 382 g/mol. The van der Waals surface area contributed by atoms with E-state index in [0.717, 1.165) is 12.5 Å². The van der Waals surface area contributed by atoms with Crippen LogP contribution < -0.4 is 0 Å². The van der Waals surface area contributed by atoms with Crippen LogP contribution >= 0.6 is 0 Å². The Morgan fingerprint density at radius 3 is 2.17 bits per heavy atom. The molecule has 2 bridgehead atoms. The van der Waals surface area contributed by atoms with Crippen LogP contribution in [-0.4, -0.2) is 23.5 Å². The Balaban J connectivity index is 1.45. The Morgan fingerprint density at radius 1 is 0.759 bits per heavy atom. The zero-order chi connectivity index (χ0) is 19.6. The summed E-state index contributed by atoms with van der Waals surface area (Å²) in [7, 11) is 0. The Morgan fingerprint density at radius 2 is 1.45 bits per heavy atom. The first-order chi connectivity index (χ1) is 14.3. The van der Waals surface area contributed by atoms with Crippen molar-refractivity contribution < 1.29 is 0 Å². The molecule has 0 N–H and O–H groups in total. The summed E-state index contributed by atoms with van der Waals surface area (Å²) in [5.41, 5.74) is 5.87. The van der Waals surface area contributed by atoms with Gasteiger partial charge in [-0.15, -0.1) is 0 Å². The van der Waals surface area contributed by atoms with Crippen molar-refractivity contribution in [2.75, 3.05) is 6.54 Å². The Hall–Kier alpha value is -2.38. The van der Waals surface area contributed by atoms with Gasteiger partial charge in [-0.25, -0.2) is 0 Å². The summed E-state index contributed by atoms with van der Waals surface area (Å²) in [6.07, 6.45) is 5.13. The summed E-state index contributed by atoms with van der Waals surface area (Å²) in [6, 6.07) is 33.1. The molecule has 1 heteroatoms. The van der Waals surface area contributed by atoms with Crippen molar-refractivity contribution in [1.82, 2.24) is 4.90 Å². The molecule has 3 aromatic carbocycles. The standard InChI is InChI=1S/C28H31N/c1-21-12-14-23(15-13-21)26-20-25-16-17-27(28(26)24-10-6-3-7-11-24)29(25)19-18-22-8-4-2-5-9-22/h2-15,25-28H,16-20H2,1H3/t25-,26+,27?,28?/m1/s1. The summed E-state index contributed by atoms with van der Waals surface area (Å²) in [4.78, 5) is 2.86. The van der Waals surface area contributed by atoms with E-state index in [1.54, 1.807) is 0 Å². The molecule has 0 spiro atoms. The molecule has 0 aromatic heterocycles. The summed E-state index contributed by atoms with van der Waals surface area (Å²) in [5, 5.41) is 0. The molecular weight excluding hydrogens is 350 g/mol. The van der Waals surface area contributed by atoms with Gasteiger partial charge < -0.3 is 0 Å². The van der Waals surface area contributed by atoms with Gasteiger partial charge in [-0.1, -0.05) is 90.5 Å². The molecule has 0 amide bonds. The first-order valence-corrected chi connectivity index (χ1v) is 11.2. The fraction of sp³-hybridized carbons (Fsp3) is 0.357. The molecule has 4 atom stereocenters. The van der Waals surface area contributed by atoms with Crippen LogP contribution in [0.15, 0.2) is 84.9 Å². The molecule has 0 radical (unpaired) electrons. The smallest absolute Gasteiger partial charge is 0.0173 e. The Labute approximate surface area is 175 Å². The first-order valence-electron chi connectivity index (χ1n) is 11.2. The number of hydrogen-bond acceptors (Lipinski definition) is 1. The van der Waals surface area contributed by atoms with Crippen molar-refractivity contribution in [1.29, 1.82) is 0 Å². The van der Waals surface area contributed by atoms with Crippen LogP contribution in [0.1, 0.15) is 53.4 Å². The molecule has 2 aliphatic rings. The monoisotopic (exact) mass is 381 g/mol. The van der Waals surface area contributed by atoms with Gasteiger partial charge in [0.1, 0.15) is 0 Å². The molecule has 5 rings (SSSR count). The molecule has 2 fully saturated rings. The van der Waals surface area contributed by atoms with Crippen molar-refractivity contribution >= 4 is 0 Å². The van der Waals surface area contributed by atoms with Gasteiger partial charge >= 0.3 is 0 Å². The minimum Gasteiger partial charge on any atom is -0.296 e. The largest absolute Gasteiger partial charge is 0.296 e. The highest BCUT2D eigenvalue weighted by molar-refractivity contribution is 5.34. The van der Waals surface area contributed by atoms with Crippen LogP contribution in [-0.2, 0) is 6.42 Å². The molecule has 148 valence electrons. The number of rotatable bonds is 5. The molecule has 0 saturated carbocycles. The lowest BCUT2D eigenvalue weighted by molar-refractivity contribution is 0.107. The maximum atomic E-state index is 2.86. The van der Waals surface area contributed by atoms with E-state index in [1.165, 1.54) is 48.1 Å². The number of aryl methyl sites for hydroxylation is 1. The third-order valence-electron chi connectivity index (χ3n) is 7.26. The van der Waals surface area contributed by atoms with Crippen LogP contribution in [0.2, 0.25) is 0 Å². The second-order valence-electron chi connectivity index (χ2n) is 8.96. The molecule has 0 aliphatic carbocycles. The SMILES string of the molecule is Cc1ccc([C@@H]2C[C@H]3CCC(C2c2ccccc2)N3CCc2ccccc2)cc1. The third-order valence-corrected chi connectivity index (χ3v) is 7.26. The number of piperidine rings is 1. The minimum absolute atomic E-state index is 0.591. The van der Waals surface area contributed by atoms with Crippen LogP contribution in [0.3, 0.4) is 0 Å². The summed E-state index contributed by atoms with van der Waals surface area (Å²) < 4.78 is 0. The maximum Gasteiger partial charge on any atom is 0.0173 e. The fourth-order valence-corrected chi connectivity index (χ4v) is 5.85. The van der Waals surface area contributed by atoms with E-state index in [0.29, 0.717) is 17.9 Å². The topological polar surface area (TPSA) is 3.24 Å². The predicted molar refractivity (Wildman–Crippen MR) is 121 cm³/mol. The number of fused-ring (bicyclic) bond motifs is 2. The van der Waals surface area contributed by atoms with Crippen LogP contribution in [0.5, 0.6) is 0 Å². The van der Waals surface area contributed by atoms with Crippen molar-refractivity contribution in [3.8, 4) is 0 Å². The quantitative estimate of drug-likeness (QED) is 0.498. The zero-order valence-corrected chi connectivity index (χ0v) is 17.4. The second kappa shape index (κ2) is 8.16. The molecule has 2 unspecified atom stereocenters. The number of nitrogens with zero attached hydrogens (tertiary/aromatic N) is 1. The van der Waals surface area contributed by atoms with E-state index in [2.05, 4.69) is 96.8 Å². The normalized spacial score (nSPS) is 26.5. The first kappa shape index (κ1) is 18.6. The molecule has 1 nitrogen and oxygen atoms in total. The lowest BCUT2D eigenvalue weighted by Gasteiger charge is -2.45. The zero-order valence-electron chi connectivity index (χ0n) is 17.4. The minimum atomic E-state index is 0.591. The highest BCUT2D eigenvalue weighted by atomic mass is 15.2. The van der Waals surface area contributed by atoms with Gasteiger partial charge in [-0.2, -0.15) is 0 Å². The van der Waals surface area contributed by atoms with Crippen LogP contribution in [0.25, 0.3) is 0 Å². The number of benzene rings is 3. The van der Waals surface area contributed by atoms with Crippen molar-refractivity contribution in [3.63, 3.8) is 0 Å². The molecule has 2 heterocycles. The van der Waals surface area contributed by atoms with Gasteiger partial charge in [0.05, 0.1) is 0 Å². The lowest BCUT2D eigenvalue weighted by Crippen LogP contribution is -2.47. The summed E-state index contributed by atoms with van der Waals surface area (Å²) in [6.45, 7) is 3.37. The lowest BCUT2D eigenvalue weighted by atomic mass is 9.72. The maximum absolute atomic E-state index is 2.86. The molecule has 2 saturated heterocycles. The Kier molecular flexibility index (Phi) is 5.24. The van der Waals surface area contributed by atoms with Gasteiger partial charge in [0.15, 0.2) is 0 Å². The highest BCUT2D eigenvalue weighted by Crippen LogP contribution is 2.51. The van der Waals surface area contributed by atoms with Gasteiger partial charge in [0.25, 0.3) is 0 Å². The van der Waals surface area contributed by atoms with E-state index in [9.17, 15) is 0 Å². The van der Waals surface area contributed by atoms with E-state index in [-0.39, 0.29) is 0 Å². The van der Waals surface area contributed by atoms with Crippen molar-refractivity contribution in [2.45, 2.75) is 56.5 Å². The van der Waals surface area contributed by atoms with E-state index < -0.39 is 0 Å². The van der Waals surface area contributed by atoms with Crippen LogP contribution in [0, 0.1) is 6.92 Å². The van der Waals surface area contributed by atoms with Crippen molar-refractivity contribution in [3.05, 3.63) is 107 Å².